The smallest absolute Gasteiger partial charge is 0.255 e. The average molecular weight is 275 g/mol. The maximum absolute atomic E-state index is 12.5. The van der Waals surface area contributed by atoms with Crippen molar-refractivity contribution in [1.29, 1.82) is 0 Å². The predicted octanol–water partition coefficient (Wildman–Crippen LogP) is 1.63. The van der Waals surface area contributed by atoms with Crippen molar-refractivity contribution in [2.75, 3.05) is 13.1 Å². The van der Waals surface area contributed by atoms with E-state index in [2.05, 4.69) is 4.98 Å². The Morgan fingerprint density at radius 3 is 2.80 bits per heavy atom. The van der Waals surface area contributed by atoms with Gasteiger partial charge in [-0.1, -0.05) is 0 Å². The second kappa shape index (κ2) is 5.31. The van der Waals surface area contributed by atoms with Crippen LogP contribution in [0.25, 0.3) is 0 Å². The van der Waals surface area contributed by atoms with Crippen molar-refractivity contribution in [1.82, 2.24) is 14.8 Å². The van der Waals surface area contributed by atoms with Crippen LogP contribution in [0, 0.1) is 0 Å². The van der Waals surface area contributed by atoms with E-state index in [1.165, 1.54) is 0 Å². The first-order valence-electron chi connectivity index (χ1n) is 7.38. The molecular formula is C15H21N3O2. The maximum atomic E-state index is 12.5. The molecule has 3 rings (SSSR count). The van der Waals surface area contributed by atoms with E-state index in [0.717, 1.165) is 32.2 Å². The molecule has 0 aromatic carbocycles. The van der Waals surface area contributed by atoms with E-state index in [1.54, 1.807) is 25.4 Å². The number of hydrogen-bond acceptors (Lipinski definition) is 2. The number of amides is 2. The minimum Gasteiger partial charge on any atom is -0.367 e. The summed E-state index contributed by atoms with van der Waals surface area (Å²) in [5, 5.41) is 0. The second-order valence-corrected chi connectivity index (χ2v) is 5.80. The summed E-state index contributed by atoms with van der Waals surface area (Å²) in [7, 11) is 0. The lowest BCUT2D eigenvalue weighted by molar-refractivity contribution is -0.130. The number of H-pyrrole nitrogens is 1. The monoisotopic (exact) mass is 275 g/mol. The van der Waals surface area contributed by atoms with Crippen molar-refractivity contribution in [3.8, 4) is 0 Å². The zero-order valence-electron chi connectivity index (χ0n) is 11.8. The summed E-state index contributed by atoms with van der Waals surface area (Å²) in [6, 6.07) is 2.39. The van der Waals surface area contributed by atoms with Gasteiger partial charge in [0.25, 0.3) is 5.91 Å². The fraction of sp³-hybridized carbons (Fsp3) is 0.600. The third kappa shape index (κ3) is 2.57. The quantitative estimate of drug-likeness (QED) is 0.908. The number of nitrogens with zero attached hydrogens (tertiary/aromatic N) is 2. The van der Waals surface area contributed by atoms with Crippen molar-refractivity contribution < 1.29 is 9.59 Å². The number of nitrogens with one attached hydrogen (secondary N) is 1. The number of aromatic amines is 1. The molecule has 1 aliphatic heterocycles. The van der Waals surface area contributed by atoms with Crippen molar-refractivity contribution in [3.05, 3.63) is 24.0 Å². The van der Waals surface area contributed by atoms with Crippen LogP contribution in [0.3, 0.4) is 0 Å². The minimum absolute atomic E-state index is 0.0769. The lowest BCUT2D eigenvalue weighted by atomic mass is 10.2. The molecule has 1 N–H and O–H groups in total. The highest BCUT2D eigenvalue weighted by Gasteiger charge is 2.36. The fourth-order valence-corrected chi connectivity index (χ4v) is 3.06. The van der Waals surface area contributed by atoms with E-state index in [1.807, 2.05) is 9.80 Å². The van der Waals surface area contributed by atoms with E-state index >= 15 is 0 Å². The van der Waals surface area contributed by atoms with Gasteiger partial charge in [-0.15, -0.1) is 0 Å². The number of likely N-dealkylation sites (tertiary alicyclic amines) is 1. The molecule has 5 nitrogen and oxygen atoms in total. The molecule has 0 bridgehead atoms. The molecule has 20 heavy (non-hydrogen) atoms. The largest absolute Gasteiger partial charge is 0.367 e. The van der Waals surface area contributed by atoms with Crippen LogP contribution >= 0.6 is 0 Å². The summed E-state index contributed by atoms with van der Waals surface area (Å²) in [6.45, 7) is 3.12. The Kier molecular flexibility index (Phi) is 3.51. The van der Waals surface area contributed by atoms with Crippen LogP contribution in [-0.4, -0.2) is 51.8 Å². The normalized spacial score (nSPS) is 22.1. The first-order chi connectivity index (χ1) is 9.66. The van der Waals surface area contributed by atoms with Gasteiger partial charge in [-0.2, -0.15) is 0 Å². The van der Waals surface area contributed by atoms with Gasteiger partial charge >= 0.3 is 0 Å². The second-order valence-electron chi connectivity index (χ2n) is 5.80. The summed E-state index contributed by atoms with van der Waals surface area (Å²) in [5.74, 6) is 0.210. The molecule has 1 saturated carbocycles. The number of hydrogen-bond donors (Lipinski definition) is 1. The molecule has 2 fully saturated rings. The number of rotatable bonds is 4. The van der Waals surface area contributed by atoms with Crippen LogP contribution in [0.15, 0.2) is 18.5 Å². The van der Waals surface area contributed by atoms with Crippen LogP contribution in [0.2, 0.25) is 0 Å². The van der Waals surface area contributed by atoms with E-state index in [9.17, 15) is 9.59 Å². The highest BCUT2D eigenvalue weighted by atomic mass is 16.2. The Bertz CT molecular complexity index is 493. The summed E-state index contributed by atoms with van der Waals surface area (Å²) in [4.78, 5) is 31.0. The van der Waals surface area contributed by atoms with Gasteiger partial charge in [0.1, 0.15) is 0 Å². The van der Waals surface area contributed by atoms with Crippen LogP contribution < -0.4 is 0 Å². The molecule has 108 valence electrons. The minimum atomic E-state index is 0.0769. The summed E-state index contributed by atoms with van der Waals surface area (Å²) >= 11 is 0. The lowest BCUT2D eigenvalue weighted by Crippen LogP contribution is -2.45. The molecule has 0 spiro atoms. The SMILES string of the molecule is CC(=O)N(C[C@@H]1CCCN1C(=O)c1cc[nH]c1)C1CC1. The van der Waals surface area contributed by atoms with Gasteiger partial charge in [-0.05, 0) is 31.7 Å². The molecule has 1 saturated heterocycles. The Labute approximate surface area is 118 Å². The molecule has 0 radical (unpaired) electrons. The molecule has 5 heteroatoms. The van der Waals surface area contributed by atoms with Gasteiger partial charge in [-0.3, -0.25) is 9.59 Å². The first kappa shape index (κ1) is 13.2. The fourth-order valence-electron chi connectivity index (χ4n) is 3.06. The number of aromatic nitrogens is 1. The Morgan fingerprint density at radius 2 is 2.20 bits per heavy atom. The number of carbonyl (C=O) groups excluding carboxylic acids is 2. The van der Waals surface area contributed by atoms with Crippen LogP contribution in [0.1, 0.15) is 43.0 Å². The van der Waals surface area contributed by atoms with E-state index in [4.69, 9.17) is 0 Å². The van der Waals surface area contributed by atoms with Crippen molar-refractivity contribution >= 4 is 11.8 Å². The third-order valence-corrected chi connectivity index (χ3v) is 4.28. The standard InChI is InChI=1S/C15H21N3O2/c1-11(19)18(13-4-5-13)10-14-3-2-8-17(14)15(20)12-6-7-16-9-12/h6-7,9,13-14,16H,2-5,8,10H2,1H3/t14-/m0/s1. The highest BCUT2D eigenvalue weighted by Crippen LogP contribution is 2.29. The zero-order valence-corrected chi connectivity index (χ0v) is 11.8. The van der Waals surface area contributed by atoms with Gasteiger partial charge in [-0.25, -0.2) is 0 Å². The van der Waals surface area contributed by atoms with Crippen LogP contribution in [0.4, 0.5) is 0 Å². The number of carbonyl (C=O) groups is 2. The topological polar surface area (TPSA) is 56.4 Å². The van der Waals surface area contributed by atoms with Gasteiger partial charge < -0.3 is 14.8 Å². The van der Waals surface area contributed by atoms with Crippen LogP contribution in [-0.2, 0) is 4.79 Å². The molecule has 1 atom stereocenters. The molecule has 2 heterocycles. The zero-order chi connectivity index (χ0) is 14.1. The van der Waals surface area contributed by atoms with Gasteiger partial charge in [0.2, 0.25) is 5.91 Å². The molecule has 1 aromatic rings. The van der Waals surface area contributed by atoms with Gasteiger partial charge in [0.15, 0.2) is 0 Å². The molecule has 1 aliphatic carbocycles. The third-order valence-electron chi connectivity index (χ3n) is 4.28. The molecule has 0 unspecified atom stereocenters. The Hall–Kier alpha value is -1.78. The van der Waals surface area contributed by atoms with Crippen molar-refractivity contribution in [2.24, 2.45) is 0 Å². The average Bonchev–Trinajstić information content (AvgIpc) is 2.95. The van der Waals surface area contributed by atoms with Crippen molar-refractivity contribution in [3.63, 3.8) is 0 Å². The van der Waals surface area contributed by atoms with Crippen LogP contribution in [0.5, 0.6) is 0 Å². The highest BCUT2D eigenvalue weighted by molar-refractivity contribution is 5.94. The molecular weight excluding hydrogens is 254 g/mol. The van der Waals surface area contributed by atoms with Crippen molar-refractivity contribution in [2.45, 2.75) is 44.7 Å². The lowest BCUT2D eigenvalue weighted by Gasteiger charge is -2.30. The summed E-state index contributed by atoms with van der Waals surface area (Å²) in [5.41, 5.74) is 0.706. The van der Waals surface area contributed by atoms with Gasteiger partial charge in [0.05, 0.1) is 5.56 Å². The van der Waals surface area contributed by atoms with E-state index in [0.29, 0.717) is 18.2 Å². The molecule has 2 aliphatic rings. The molecule has 1 aromatic heterocycles. The molecule has 2 amide bonds. The summed E-state index contributed by atoms with van der Waals surface area (Å²) in [6.07, 6.45) is 7.74. The van der Waals surface area contributed by atoms with E-state index < -0.39 is 0 Å². The van der Waals surface area contributed by atoms with Gasteiger partial charge in [0, 0.05) is 44.5 Å². The maximum Gasteiger partial charge on any atom is 0.255 e. The predicted molar refractivity (Wildman–Crippen MR) is 75.3 cm³/mol. The first-order valence-corrected chi connectivity index (χ1v) is 7.38. The Morgan fingerprint density at radius 1 is 1.40 bits per heavy atom. The van der Waals surface area contributed by atoms with E-state index in [-0.39, 0.29) is 17.9 Å². The summed E-state index contributed by atoms with van der Waals surface area (Å²) < 4.78 is 0. The Balaban J connectivity index is 1.69.